The molecular weight excluding hydrogens is 444 g/mol. The minimum absolute atomic E-state index is 0.0887. The summed E-state index contributed by atoms with van der Waals surface area (Å²) in [5.41, 5.74) is 4.28. The number of ether oxygens (including phenoxy) is 2. The Kier molecular flexibility index (Phi) is 6.13. The van der Waals surface area contributed by atoms with Crippen molar-refractivity contribution in [3.63, 3.8) is 0 Å². The van der Waals surface area contributed by atoms with Crippen LogP contribution in [0.2, 0.25) is 0 Å². The lowest BCUT2D eigenvalue weighted by Gasteiger charge is -2.24. The van der Waals surface area contributed by atoms with Crippen LogP contribution in [0.25, 0.3) is 17.2 Å². The first-order chi connectivity index (χ1) is 17.1. The molecule has 3 heterocycles. The molecule has 1 aliphatic rings. The van der Waals surface area contributed by atoms with E-state index in [1.807, 2.05) is 55.5 Å². The fourth-order valence-corrected chi connectivity index (χ4v) is 4.28. The molecule has 1 N–H and O–H groups in total. The predicted octanol–water partition coefficient (Wildman–Crippen LogP) is 4.30. The van der Waals surface area contributed by atoms with Gasteiger partial charge in [-0.05, 0) is 55.3 Å². The third-order valence-corrected chi connectivity index (χ3v) is 5.98. The highest BCUT2D eigenvalue weighted by Crippen LogP contribution is 2.40. The number of hydrogen-bond acceptors (Lipinski definition) is 7. The van der Waals surface area contributed by atoms with Gasteiger partial charge in [-0.25, -0.2) is 4.98 Å². The largest absolute Gasteiger partial charge is 0.497 e. The summed E-state index contributed by atoms with van der Waals surface area (Å²) < 4.78 is 12.5. The Bertz CT molecular complexity index is 1350. The molecule has 1 aliphatic heterocycles. The summed E-state index contributed by atoms with van der Waals surface area (Å²) in [6.45, 7) is 4.67. The number of rotatable bonds is 7. The number of aryl methyl sites for hydroxylation is 1. The van der Waals surface area contributed by atoms with E-state index in [1.54, 1.807) is 18.0 Å². The maximum Gasteiger partial charge on any atom is 0.272 e. The number of nitrogens with zero attached hydrogens (tertiary/aromatic N) is 5. The topological polar surface area (TPSA) is 104 Å². The third kappa shape index (κ3) is 4.44. The molecule has 0 radical (unpaired) electrons. The predicted molar refractivity (Wildman–Crippen MR) is 131 cm³/mol. The van der Waals surface area contributed by atoms with E-state index in [2.05, 4.69) is 32.5 Å². The van der Waals surface area contributed by atoms with Crippen molar-refractivity contribution in [1.82, 2.24) is 25.0 Å². The van der Waals surface area contributed by atoms with Gasteiger partial charge in [0, 0.05) is 23.5 Å². The highest BCUT2D eigenvalue weighted by molar-refractivity contribution is 5.95. The molecule has 5 rings (SSSR count). The zero-order chi connectivity index (χ0) is 24.4. The zero-order valence-electron chi connectivity index (χ0n) is 19.9. The van der Waals surface area contributed by atoms with Gasteiger partial charge in [0.1, 0.15) is 17.3 Å². The van der Waals surface area contributed by atoms with Crippen LogP contribution in [0, 0.1) is 6.92 Å². The number of amides is 1. The van der Waals surface area contributed by atoms with Crippen molar-refractivity contribution in [2.45, 2.75) is 32.6 Å². The summed E-state index contributed by atoms with van der Waals surface area (Å²) >= 11 is 0. The quantitative estimate of drug-likeness (QED) is 0.429. The van der Waals surface area contributed by atoms with Crippen LogP contribution < -0.4 is 14.8 Å². The Labute approximate surface area is 203 Å². The van der Waals surface area contributed by atoms with Gasteiger partial charge in [-0.3, -0.25) is 4.79 Å². The molecule has 1 atom stereocenters. The number of methoxy groups -OCH3 is 1. The van der Waals surface area contributed by atoms with Crippen molar-refractivity contribution < 1.29 is 14.3 Å². The van der Waals surface area contributed by atoms with E-state index in [1.165, 1.54) is 0 Å². The van der Waals surface area contributed by atoms with E-state index >= 15 is 0 Å². The molecule has 9 heteroatoms. The zero-order valence-corrected chi connectivity index (χ0v) is 19.9. The van der Waals surface area contributed by atoms with Gasteiger partial charge in [0.25, 0.3) is 5.95 Å². The Morgan fingerprint density at radius 3 is 2.54 bits per heavy atom. The van der Waals surface area contributed by atoms with Gasteiger partial charge in [-0.15, -0.1) is 5.10 Å². The molecule has 0 saturated heterocycles. The van der Waals surface area contributed by atoms with Crippen molar-refractivity contribution in [1.29, 1.82) is 0 Å². The molecule has 2 aromatic heterocycles. The van der Waals surface area contributed by atoms with Gasteiger partial charge >= 0.3 is 0 Å². The van der Waals surface area contributed by atoms with Gasteiger partial charge < -0.3 is 14.8 Å². The molecule has 35 heavy (non-hydrogen) atoms. The molecular formula is C26H26N6O3. The minimum Gasteiger partial charge on any atom is -0.497 e. The van der Waals surface area contributed by atoms with Crippen molar-refractivity contribution in [3.05, 3.63) is 71.5 Å². The first-order valence-electron chi connectivity index (χ1n) is 11.5. The smallest absolute Gasteiger partial charge is 0.272 e. The van der Waals surface area contributed by atoms with Crippen LogP contribution in [0.1, 0.15) is 42.5 Å². The van der Waals surface area contributed by atoms with E-state index in [0.717, 1.165) is 40.3 Å². The van der Waals surface area contributed by atoms with E-state index in [0.29, 0.717) is 24.5 Å². The van der Waals surface area contributed by atoms with E-state index < -0.39 is 0 Å². The lowest BCUT2D eigenvalue weighted by Crippen LogP contribution is -2.25. The van der Waals surface area contributed by atoms with E-state index in [4.69, 9.17) is 9.47 Å². The van der Waals surface area contributed by atoms with Crippen LogP contribution in [-0.4, -0.2) is 44.6 Å². The molecule has 0 aliphatic carbocycles. The molecule has 0 fully saturated rings. The number of aromatic nitrogens is 5. The number of hydrogen-bond donors (Lipinski definition) is 1. The molecule has 0 saturated carbocycles. The van der Waals surface area contributed by atoms with E-state index in [-0.39, 0.29) is 17.8 Å². The van der Waals surface area contributed by atoms with Crippen LogP contribution in [0.3, 0.4) is 0 Å². The molecule has 0 unspecified atom stereocenters. The van der Waals surface area contributed by atoms with Gasteiger partial charge in [-0.2, -0.15) is 14.9 Å². The van der Waals surface area contributed by atoms with Gasteiger partial charge in [-0.1, -0.05) is 19.1 Å². The second-order valence-corrected chi connectivity index (χ2v) is 8.35. The number of benzene rings is 2. The Balaban J connectivity index is 1.51. The SMILES string of the molecule is CCCOc1ccc([C@@H]2CC(=O)Nc3c2c(C)nn3-c2nncc(-c3ccc(OC)cc3)n2)cc1. The fraction of sp³-hybridized carbons (Fsp3) is 0.269. The Morgan fingerprint density at radius 1 is 1.09 bits per heavy atom. The molecule has 0 bridgehead atoms. The number of nitrogens with one attached hydrogen (secondary N) is 1. The third-order valence-electron chi connectivity index (χ3n) is 5.98. The van der Waals surface area contributed by atoms with E-state index in [9.17, 15) is 4.79 Å². The Hall–Kier alpha value is -4.27. The summed E-state index contributed by atoms with van der Waals surface area (Å²) in [5, 5.41) is 16.0. The summed E-state index contributed by atoms with van der Waals surface area (Å²) in [5.74, 6) is 2.21. The van der Waals surface area contributed by atoms with Crippen LogP contribution in [0.4, 0.5) is 5.82 Å². The lowest BCUT2D eigenvalue weighted by molar-refractivity contribution is -0.116. The minimum atomic E-state index is -0.134. The maximum atomic E-state index is 12.7. The summed E-state index contributed by atoms with van der Waals surface area (Å²) in [6, 6.07) is 15.4. The lowest BCUT2D eigenvalue weighted by atomic mass is 9.86. The summed E-state index contributed by atoms with van der Waals surface area (Å²) in [4.78, 5) is 17.4. The van der Waals surface area contributed by atoms with Crippen molar-refractivity contribution in [2.24, 2.45) is 0 Å². The second kappa shape index (κ2) is 9.54. The van der Waals surface area contributed by atoms with Crippen molar-refractivity contribution >= 4 is 11.7 Å². The fourth-order valence-electron chi connectivity index (χ4n) is 4.28. The van der Waals surface area contributed by atoms with Crippen LogP contribution in [0.5, 0.6) is 11.5 Å². The van der Waals surface area contributed by atoms with Crippen molar-refractivity contribution in [2.75, 3.05) is 19.0 Å². The first kappa shape index (κ1) is 22.5. The number of anilines is 1. The summed E-state index contributed by atoms with van der Waals surface area (Å²) in [6.07, 6.45) is 2.88. The number of carbonyl (C=O) groups is 1. The maximum absolute atomic E-state index is 12.7. The standard InChI is InChI=1S/C26H26N6O3/c1-4-13-35-20-11-5-17(6-12-20)21-14-23(33)29-25-24(21)16(2)31-32(25)26-28-22(15-27-30-26)18-7-9-19(34-3)10-8-18/h5-12,15,21H,4,13-14H2,1-3H3,(H,29,33)/t21-/m0/s1. The number of fused-ring (bicyclic) bond motifs is 1. The summed E-state index contributed by atoms with van der Waals surface area (Å²) in [7, 11) is 1.62. The van der Waals surface area contributed by atoms with Gasteiger partial charge in [0.05, 0.1) is 31.3 Å². The highest BCUT2D eigenvalue weighted by Gasteiger charge is 2.33. The average Bonchev–Trinajstić information content (AvgIpc) is 3.23. The first-order valence-corrected chi connectivity index (χ1v) is 11.5. The van der Waals surface area contributed by atoms with Crippen molar-refractivity contribution in [3.8, 4) is 28.7 Å². The molecule has 2 aromatic carbocycles. The second-order valence-electron chi connectivity index (χ2n) is 8.35. The molecule has 9 nitrogen and oxygen atoms in total. The average molecular weight is 471 g/mol. The highest BCUT2D eigenvalue weighted by atomic mass is 16.5. The van der Waals surface area contributed by atoms with Crippen LogP contribution in [-0.2, 0) is 4.79 Å². The molecule has 0 spiro atoms. The normalized spacial score (nSPS) is 14.8. The monoisotopic (exact) mass is 470 g/mol. The molecule has 1 amide bonds. The van der Waals surface area contributed by atoms with Crippen LogP contribution in [0.15, 0.2) is 54.7 Å². The van der Waals surface area contributed by atoms with Gasteiger partial charge in [0.15, 0.2) is 0 Å². The molecule has 4 aromatic rings. The number of carbonyl (C=O) groups excluding carboxylic acids is 1. The van der Waals surface area contributed by atoms with Gasteiger partial charge in [0.2, 0.25) is 5.91 Å². The Morgan fingerprint density at radius 2 is 1.83 bits per heavy atom. The van der Waals surface area contributed by atoms with Crippen LogP contribution >= 0.6 is 0 Å². The molecule has 178 valence electrons.